The first-order valence-electron chi connectivity index (χ1n) is 9.60. The third-order valence-corrected chi connectivity index (χ3v) is 4.66. The van der Waals surface area contributed by atoms with Gasteiger partial charge in [-0.15, -0.1) is 0 Å². The number of carbonyl (C=O) groups is 1. The minimum absolute atomic E-state index is 0.0542. The van der Waals surface area contributed by atoms with Crippen molar-refractivity contribution in [1.29, 1.82) is 0 Å². The highest BCUT2D eigenvalue weighted by Crippen LogP contribution is 2.63. The third-order valence-electron chi connectivity index (χ3n) is 4.66. The summed E-state index contributed by atoms with van der Waals surface area (Å²) in [6, 6.07) is 0. The number of carboxylic acids is 1. The van der Waals surface area contributed by atoms with Crippen molar-refractivity contribution in [3.63, 3.8) is 0 Å². The van der Waals surface area contributed by atoms with Gasteiger partial charge in [0, 0.05) is 12.8 Å². The minimum atomic E-state index is -8.66. The molecule has 0 aromatic heterocycles. The Labute approximate surface area is 196 Å². The zero-order valence-corrected chi connectivity index (χ0v) is 17.7. The second-order valence-electron chi connectivity index (χ2n) is 7.48. The van der Waals surface area contributed by atoms with Gasteiger partial charge in [0.25, 0.3) is 0 Å². The van der Waals surface area contributed by atoms with E-state index >= 15 is 0 Å². The summed E-state index contributed by atoms with van der Waals surface area (Å²) in [5, 5.41) is 8.38. The molecule has 0 aliphatic rings. The second-order valence-corrected chi connectivity index (χ2v) is 7.48. The minimum Gasteiger partial charge on any atom is -0.481 e. The number of unbranched alkanes of at least 4 members (excludes halogenated alkanes) is 5. The molecule has 0 aliphatic heterocycles. The van der Waals surface area contributed by atoms with Crippen LogP contribution >= 0.6 is 0 Å². The summed E-state index contributed by atoms with van der Waals surface area (Å²) in [5.74, 6) is -56.8. The fraction of sp³-hybridized carbons (Fsp3) is 0.833. The van der Waals surface area contributed by atoms with Gasteiger partial charge in [-0.1, -0.05) is 25.2 Å². The van der Waals surface area contributed by atoms with Crippen molar-refractivity contribution in [2.45, 2.75) is 92.6 Å². The molecule has 1 N–H and O–H groups in total. The lowest BCUT2D eigenvalue weighted by molar-refractivity contribution is -0.459. The van der Waals surface area contributed by atoms with Crippen LogP contribution in [0.25, 0.3) is 0 Å². The maximum absolute atomic E-state index is 13.6. The summed E-state index contributed by atoms with van der Waals surface area (Å²) < 4.78 is 223. The van der Waals surface area contributed by atoms with Crippen LogP contribution in [-0.2, 0) is 4.79 Å². The van der Waals surface area contributed by atoms with Crippen molar-refractivity contribution >= 4 is 5.97 Å². The van der Waals surface area contributed by atoms with Crippen LogP contribution in [0.4, 0.5) is 74.6 Å². The van der Waals surface area contributed by atoms with Gasteiger partial charge in [0.1, 0.15) is 0 Å². The Morgan fingerprint density at radius 1 is 0.514 bits per heavy atom. The van der Waals surface area contributed by atoms with E-state index in [4.69, 9.17) is 5.11 Å². The monoisotopic (exact) mass is 586 g/mol. The van der Waals surface area contributed by atoms with E-state index in [0.717, 1.165) is 5.92 Å². The average molecular weight is 586 g/mol. The van der Waals surface area contributed by atoms with Crippen molar-refractivity contribution < 1.29 is 84.5 Å². The maximum Gasteiger partial charge on any atom is 0.460 e. The van der Waals surface area contributed by atoms with E-state index < -0.39 is 60.0 Å². The first-order chi connectivity index (χ1) is 16.2. The van der Waals surface area contributed by atoms with Crippen molar-refractivity contribution in [1.82, 2.24) is 0 Å². The summed E-state index contributed by atoms with van der Waals surface area (Å²) in [4.78, 5) is 10.3. The number of hydrogen-bond acceptors (Lipinski definition) is 1. The van der Waals surface area contributed by atoms with Gasteiger partial charge in [-0.25, -0.2) is 0 Å². The number of hydrogen-bond donors (Lipinski definition) is 1. The van der Waals surface area contributed by atoms with Crippen LogP contribution in [0.15, 0.2) is 0 Å². The van der Waals surface area contributed by atoms with Crippen molar-refractivity contribution in [2.75, 3.05) is 0 Å². The van der Waals surface area contributed by atoms with Gasteiger partial charge >= 0.3 is 53.6 Å². The molecule has 0 heterocycles. The molecule has 0 aromatic rings. The van der Waals surface area contributed by atoms with Gasteiger partial charge < -0.3 is 5.11 Å². The van der Waals surface area contributed by atoms with Crippen molar-refractivity contribution in [3.05, 3.63) is 0 Å². The smallest absolute Gasteiger partial charge is 0.460 e. The van der Waals surface area contributed by atoms with Crippen LogP contribution in [0, 0.1) is 11.8 Å². The molecule has 2 nitrogen and oxygen atoms in total. The quantitative estimate of drug-likeness (QED) is 0.136. The second kappa shape index (κ2) is 10.9. The molecule has 19 heteroatoms. The predicted molar refractivity (Wildman–Crippen MR) is 88.4 cm³/mol. The van der Waals surface area contributed by atoms with Crippen LogP contribution < -0.4 is 0 Å². The lowest BCUT2D eigenvalue weighted by Crippen LogP contribution is -2.74. The van der Waals surface area contributed by atoms with E-state index in [0.29, 0.717) is 6.42 Å². The fourth-order valence-electron chi connectivity index (χ4n) is 2.44. The first kappa shape index (κ1) is 34.8. The Kier molecular flexibility index (Phi) is 10.3. The van der Waals surface area contributed by atoms with E-state index in [1.807, 2.05) is 0 Å². The Morgan fingerprint density at radius 3 is 1.27 bits per heavy atom. The highest BCUT2D eigenvalue weighted by molar-refractivity contribution is 5.66. The number of halogens is 17. The van der Waals surface area contributed by atoms with Gasteiger partial charge in [-0.05, 0) is 18.8 Å². The third kappa shape index (κ3) is 6.29. The molecule has 0 spiro atoms. The van der Waals surface area contributed by atoms with Gasteiger partial charge in [0.2, 0.25) is 0 Å². The summed E-state index contributed by atoms with van der Waals surface area (Å²) in [6.07, 6.45) is -8.26. The Balaban J connectivity index is 5.87. The summed E-state index contributed by atoms with van der Waals surface area (Å²) in [5.41, 5.74) is 0. The molecule has 0 saturated heterocycles. The molecular weight excluding hydrogens is 571 g/mol. The molecule has 0 aromatic carbocycles. The van der Waals surface area contributed by atoms with Gasteiger partial charge in [0.15, 0.2) is 0 Å². The zero-order chi connectivity index (χ0) is 29.9. The predicted octanol–water partition coefficient (Wildman–Crippen LogP) is 7.81. The Bertz CT molecular complexity index is 849. The molecule has 0 bridgehead atoms. The normalized spacial score (nSPS) is 14.8. The van der Waals surface area contributed by atoms with E-state index in [1.165, 1.54) is 0 Å². The van der Waals surface area contributed by atoms with Gasteiger partial charge in [-0.2, -0.15) is 74.6 Å². The summed E-state index contributed by atoms with van der Waals surface area (Å²) >= 11 is 0. The van der Waals surface area contributed by atoms with Crippen LogP contribution in [0.3, 0.4) is 0 Å². The summed E-state index contributed by atoms with van der Waals surface area (Å²) in [7, 11) is 0. The molecular formula is C18H15F17O2. The fourth-order valence-corrected chi connectivity index (χ4v) is 2.44. The molecule has 37 heavy (non-hydrogen) atoms. The van der Waals surface area contributed by atoms with E-state index in [1.54, 1.807) is 0 Å². The van der Waals surface area contributed by atoms with E-state index in [-0.39, 0.29) is 38.0 Å². The van der Waals surface area contributed by atoms with Crippen LogP contribution in [0.1, 0.15) is 44.9 Å². The average Bonchev–Trinajstić information content (AvgIpc) is 2.70. The number of carboxylic acid groups (broad SMARTS) is 1. The lowest BCUT2D eigenvalue weighted by atomic mass is 9.89. The van der Waals surface area contributed by atoms with Crippen LogP contribution in [0.5, 0.6) is 0 Å². The van der Waals surface area contributed by atoms with Gasteiger partial charge in [-0.3, -0.25) is 4.79 Å². The first-order valence-corrected chi connectivity index (χ1v) is 9.60. The molecule has 0 saturated carbocycles. The molecule has 0 unspecified atom stereocenters. The highest BCUT2D eigenvalue weighted by atomic mass is 19.4. The molecule has 218 valence electrons. The number of aliphatic carboxylic acids is 1. The Hall–Kier alpha value is -2.16. The van der Waals surface area contributed by atoms with Crippen LogP contribution in [-0.4, -0.2) is 58.7 Å². The number of rotatable bonds is 13. The van der Waals surface area contributed by atoms with Crippen molar-refractivity contribution in [3.8, 4) is 11.8 Å². The molecule has 0 fully saturated rings. The van der Waals surface area contributed by atoms with Crippen molar-refractivity contribution in [2.24, 2.45) is 0 Å². The topological polar surface area (TPSA) is 37.3 Å². The molecule has 0 aliphatic carbocycles. The molecule has 0 atom stereocenters. The molecule has 0 rings (SSSR count). The maximum atomic E-state index is 13.6. The largest absolute Gasteiger partial charge is 0.481 e. The highest BCUT2D eigenvalue weighted by Gasteiger charge is 2.95. The summed E-state index contributed by atoms with van der Waals surface area (Å²) in [6.45, 7) is 0. The Morgan fingerprint density at radius 2 is 0.865 bits per heavy atom. The zero-order valence-electron chi connectivity index (χ0n) is 17.7. The molecule has 0 amide bonds. The number of alkyl halides is 17. The van der Waals surface area contributed by atoms with E-state index in [2.05, 4.69) is 0 Å². The lowest BCUT2D eigenvalue weighted by Gasteiger charge is -2.42. The van der Waals surface area contributed by atoms with Crippen LogP contribution in [0.2, 0.25) is 0 Å². The SMILES string of the molecule is O=C(O)CCCCCCCC#CC(F)(F)C(F)(F)C(F)(F)C(F)(F)C(F)(F)C(F)(F)C(F)(F)C(F)(F)F. The van der Waals surface area contributed by atoms with E-state index in [9.17, 15) is 79.4 Å². The standard InChI is InChI=1S/C18H15F17O2/c19-11(20,9-7-5-3-1-2-4-6-8-10(36)37)12(21,22)13(23,24)14(25,26)15(27,28)16(29,30)17(31,32)18(33,34)35/h1-6,8H2,(H,36,37). The van der Waals surface area contributed by atoms with Gasteiger partial charge in [0.05, 0.1) is 0 Å². The molecule has 0 radical (unpaired) electrons.